The largest absolute Gasteiger partial charge is 0.456 e. The summed E-state index contributed by atoms with van der Waals surface area (Å²) in [6, 6.07) is 15.7. The number of ether oxygens (including phenoxy) is 1. The zero-order valence-electron chi connectivity index (χ0n) is 16.8. The van der Waals surface area contributed by atoms with E-state index < -0.39 is 0 Å². The van der Waals surface area contributed by atoms with Crippen LogP contribution in [-0.4, -0.2) is 21.1 Å². The molecular weight excluding hydrogens is 382 g/mol. The Hall–Kier alpha value is -3.74. The lowest BCUT2D eigenvalue weighted by Gasteiger charge is -2.00. The lowest BCUT2D eigenvalue weighted by atomic mass is 10.1. The highest BCUT2D eigenvalue weighted by Gasteiger charge is 2.14. The molecule has 0 amide bonds. The molecule has 7 nitrogen and oxygen atoms in total. The Kier molecular flexibility index (Phi) is 5.70. The van der Waals surface area contributed by atoms with Crippen LogP contribution in [0.4, 0.5) is 0 Å². The number of benzene rings is 2. The summed E-state index contributed by atoms with van der Waals surface area (Å²) in [7, 11) is 0. The summed E-state index contributed by atoms with van der Waals surface area (Å²) in [4.78, 5) is 20.6. The van der Waals surface area contributed by atoms with Gasteiger partial charge in [0.15, 0.2) is 18.3 Å². The van der Waals surface area contributed by atoms with Gasteiger partial charge >= 0.3 is 5.97 Å². The lowest BCUT2D eigenvalue weighted by Crippen LogP contribution is -2.06. The number of carbonyl (C=O) groups is 1. The zero-order valence-corrected chi connectivity index (χ0v) is 16.8. The third-order valence-electron chi connectivity index (χ3n) is 4.64. The van der Waals surface area contributed by atoms with Crippen molar-refractivity contribution >= 4 is 5.97 Å². The first kappa shape index (κ1) is 19.6. The maximum Gasteiger partial charge on any atom is 0.306 e. The van der Waals surface area contributed by atoms with E-state index >= 15 is 0 Å². The van der Waals surface area contributed by atoms with Crippen LogP contribution in [-0.2, 0) is 22.6 Å². The Morgan fingerprint density at radius 2 is 1.83 bits per heavy atom. The average molecular weight is 403 g/mol. The van der Waals surface area contributed by atoms with E-state index in [1.54, 1.807) is 6.20 Å². The number of carbonyl (C=O) groups excluding carboxylic acids is 1. The standard InChI is InChI=1S/C23H21N3O4/c1-15-7-9-17(10-8-15)19-13-24-20(29-19)11-12-22(27)28-14-21-25-23(26-30-21)18-6-4-3-5-16(18)2/h3-10,13H,11-12,14H2,1-2H3. The number of hydrogen-bond donors (Lipinski definition) is 0. The van der Waals surface area contributed by atoms with Gasteiger partial charge < -0.3 is 13.7 Å². The predicted octanol–water partition coefficient (Wildman–Crippen LogP) is 4.68. The third-order valence-corrected chi connectivity index (χ3v) is 4.64. The van der Waals surface area contributed by atoms with Gasteiger partial charge in [-0.3, -0.25) is 4.79 Å². The second-order valence-electron chi connectivity index (χ2n) is 6.97. The first-order valence-electron chi connectivity index (χ1n) is 9.64. The Morgan fingerprint density at radius 3 is 2.63 bits per heavy atom. The van der Waals surface area contributed by atoms with Gasteiger partial charge in [-0.2, -0.15) is 4.98 Å². The number of oxazole rings is 1. The van der Waals surface area contributed by atoms with E-state index in [1.807, 2.05) is 62.4 Å². The molecule has 0 spiro atoms. The van der Waals surface area contributed by atoms with E-state index in [4.69, 9.17) is 13.7 Å². The van der Waals surface area contributed by atoms with E-state index in [0.717, 1.165) is 16.7 Å². The molecule has 152 valence electrons. The second-order valence-corrected chi connectivity index (χ2v) is 6.97. The molecule has 0 aliphatic rings. The molecule has 4 rings (SSSR count). The molecule has 0 radical (unpaired) electrons. The van der Waals surface area contributed by atoms with E-state index in [0.29, 0.717) is 23.9 Å². The van der Waals surface area contributed by atoms with Crippen molar-refractivity contribution in [2.75, 3.05) is 0 Å². The second kappa shape index (κ2) is 8.73. The molecule has 0 aliphatic carbocycles. The number of esters is 1. The molecule has 4 aromatic rings. The summed E-state index contributed by atoms with van der Waals surface area (Å²) >= 11 is 0. The molecule has 0 aliphatic heterocycles. The van der Waals surface area contributed by atoms with Crippen LogP contribution in [0.15, 0.2) is 63.7 Å². The highest BCUT2D eigenvalue weighted by molar-refractivity contribution is 5.69. The Bertz CT molecular complexity index is 1150. The lowest BCUT2D eigenvalue weighted by molar-refractivity contribution is -0.145. The predicted molar refractivity (Wildman–Crippen MR) is 109 cm³/mol. The van der Waals surface area contributed by atoms with Gasteiger partial charge in [0.2, 0.25) is 5.82 Å². The van der Waals surface area contributed by atoms with Crippen molar-refractivity contribution in [1.29, 1.82) is 0 Å². The molecule has 0 saturated carbocycles. The van der Waals surface area contributed by atoms with Crippen molar-refractivity contribution in [3.8, 4) is 22.7 Å². The summed E-state index contributed by atoms with van der Waals surface area (Å²) in [5.74, 6) is 1.50. The van der Waals surface area contributed by atoms with Gasteiger partial charge in [-0.1, -0.05) is 59.3 Å². The molecule has 0 atom stereocenters. The quantitative estimate of drug-likeness (QED) is 0.414. The third kappa shape index (κ3) is 4.63. The van der Waals surface area contributed by atoms with Crippen LogP contribution in [0, 0.1) is 13.8 Å². The minimum Gasteiger partial charge on any atom is -0.456 e. The van der Waals surface area contributed by atoms with Crippen LogP contribution >= 0.6 is 0 Å². The SMILES string of the molecule is Cc1ccc(-c2cnc(CCC(=O)OCc3nc(-c4ccccc4C)no3)o2)cc1. The van der Waals surface area contributed by atoms with Gasteiger partial charge in [0, 0.05) is 17.5 Å². The van der Waals surface area contributed by atoms with Crippen LogP contribution in [0.5, 0.6) is 0 Å². The van der Waals surface area contributed by atoms with Gasteiger partial charge in [-0.15, -0.1) is 0 Å². The summed E-state index contributed by atoms with van der Waals surface area (Å²) in [5.41, 5.74) is 4.04. The minimum absolute atomic E-state index is 0.0715. The number of hydrogen-bond acceptors (Lipinski definition) is 7. The van der Waals surface area contributed by atoms with E-state index in [1.165, 1.54) is 5.56 Å². The fourth-order valence-electron chi connectivity index (χ4n) is 2.95. The van der Waals surface area contributed by atoms with Crippen LogP contribution < -0.4 is 0 Å². The minimum atomic E-state index is -0.388. The molecule has 2 aromatic carbocycles. The van der Waals surface area contributed by atoms with Gasteiger partial charge in [-0.25, -0.2) is 4.98 Å². The smallest absolute Gasteiger partial charge is 0.306 e. The number of aryl methyl sites for hydroxylation is 3. The number of nitrogens with zero attached hydrogens (tertiary/aromatic N) is 3. The molecule has 0 N–H and O–H groups in total. The molecular formula is C23H21N3O4. The van der Waals surface area contributed by atoms with Gasteiger partial charge in [0.25, 0.3) is 5.89 Å². The normalized spacial score (nSPS) is 10.9. The molecule has 30 heavy (non-hydrogen) atoms. The maximum absolute atomic E-state index is 12.1. The summed E-state index contributed by atoms with van der Waals surface area (Å²) in [6.07, 6.45) is 2.16. The van der Waals surface area contributed by atoms with Crippen molar-refractivity contribution in [1.82, 2.24) is 15.1 Å². The summed E-state index contributed by atoms with van der Waals surface area (Å²) in [5, 5.41) is 3.95. The van der Waals surface area contributed by atoms with E-state index in [9.17, 15) is 4.79 Å². The topological polar surface area (TPSA) is 91.2 Å². The molecule has 0 unspecified atom stereocenters. The summed E-state index contributed by atoms with van der Waals surface area (Å²) in [6.45, 7) is 3.93. The van der Waals surface area contributed by atoms with Gasteiger partial charge in [-0.05, 0) is 19.4 Å². The molecule has 0 saturated heterocycles. The highest BCUT2D eigenvalue weighted by Crippen LogP contribution is 2.22. The molecule has 0 fully saturated rings. The van der Waals surface area contributed by atoms with E-state index in [-0.39, 0.29) is 24.9 Å². The van der Waals surface area contributed by atoms with Crippen LogP contribution in [0.2, 0.25) is 0 Å². The van der Waals surface area contributed by atoms with Crippen molar-refractivity contribution < 1.29 is 18.5 Å². The highest BCUT2D eigenvalue weighted by atomic mass is 16.6. The molecule has 0 bridgehead atoms. The van der Waals surface area contributed by atoms with Gasteiger partial charge in [0.1, 0.15) is 0 Å². The van der Waals surface area contributed by atoms with Crippen molar-refractivity contribution in [2.45, 2.75) is 33.3 Å². The molecule has 2 aromatic heterocycles. The first-order chi connectivity index (χ1) is 14.6. The Labute approximate surface area is 173 Å². The van der Waals surface area contributed by atoms with Crippen molar-refractivity contribution in [3.05, 3.63) is 77.6 Å². The fourth-order valence-corrected chi connectivity index (χ4v) is 2.95. The number of rotatable bonds is 7. The number of aromatic nitrogens is 3. The fraction of sp³-hybridized carbons (Fsp3) is 0.217. The summed E-state index contributed by atoms with van der Waals surface area (Å²) < 4.78 is 16.1. The van der Waals surface area contributed by atoms with Gasteiger partial charge in [0.05, 0.1) is 12.6 Å². The molecule has 7 heteroatoms. The maximum atomic E-state index is 12.1. The van der Waals surface area contributed by atoms with Crippen LogP contribution in [0.1, 0.15) is 29.3 Å². The Morgan fingerprint density at radius 1 is 1.03 bits per heavy atom. The van der Waals surface area contributed by atoms with E-state index in [2.05, 4.69) is 15.1 Å². The molecule has 2 heterocycles. The first-order valence-corrected chi connectivity index (χ1v) is 9.64. The zero-order chi connectivity index (χ0) is 20.9. The average Bonchev–Trinajstić information content (AvgIpc) is 3.41. The Balaban J connectivity index is 1.28. The monoisotopic (exact) mass is 403 g/mol. The van der Waals surface area contributed by atoms with Crippen molar-refractivity contribution in [2.24, 2.45) is 0 Å². The van der Waals surface area contributed by atoms with Crippen LogP contribution in [0.3, 0.4) is 0 Å². The van der Waals surface area contributed by atoms with Crippen LogP contribution in [0.25, 0.3) is 22.7 Å². The van der Waals surface area contributed by atoms with Crippen molar-refractivity contribution in [3.63, 3.8) is 0 Å².